The van der Waals surface area contributed by atoms with E-state index in [0.29, 0.717) is 17.9 Å². The molecule has 0 bridgehead atoms. The number of amides is 1. The van der Waals surface area contributed by atoms with Crippen molar-refractivity contribution in [3.05, 3.63) is 29.3 Å². The molecule has 7 nitrogen and oxygen atoms in total. The molecule has 0 atom stereocenters. The van der Waals surface area contributed by atoms with Crippen LogP contribution in [0, 0.1) is 5.41 Å². The molecule has 1 saturated heterocycles. The van der Waals surface area contributed by atoms with Gasteiger partial charge in [0.05, 0.1) is 12.7 Å². The Balaban J connectivity index is 1.58. The van der Waals surface area contributed by atoms with E-state index in [0.717, 1.165) is 45.6 Å². The average molecular weight is 361 g/mol. The molecule has 2 fully saturated rings. The van der Waals surface area contributed by atoms with Gasteiger partial charge >= 0.3 is 5.97 Å². The first-order chi connectivity index (χ1) is 12.4. The van der Waals surface area contributed by atoms with Crippen molar-refractivity contribution in [2.24, 2.45) is 5.41 Å². The van der Waals surface area contributed by atoms with E-state index in [-0.39, 0.29) is 16.9 Å². The van der Waals surface area contributed by atoms with Crippen LogP contribution in [0.1, 0.15) is 33.6 Å². The van der Waals surface area contributed by atoms with Crippen LogP contribution in [-0.2, 0) is 0 Å². The summed E-state index contributed by atoms with van der Waals surface area (Å²) >= 11 is 0. The zero-order valence-electron chi connectivity index (χ0n) is 15.5. The molecular formula is C19H27N3O4. The Morgan fingerprint density at radius 3 is 2.38 bits per heavy atom. The molecule has 1 amide bonds. The first kappa shape index (κ1) is 18.7. The number of ether oxygens (including phenoxy) is 1. The van der Waals surface area contributed by atoms with Gasteiger partial charge in [0.2, 0.25) is 0 Å². The van der Waals surface area contributed by atoms with Crippen molar-refractivity contribution in [2.45, 2.75) is 12.8 Å². The summed E-state index contributed by atoms with van der Waals surface area (Å²) in [6, 6.07) is 4.37. The second-order valence-corrected chi connectivity index (χ2v) is 7.52. The lowest BCUT2D eigenvalue weighted by molar-refractivity contribution is 0.0696. The summed E-state index contributed by atoms with van der Waals surface area (Å²) in [6.45, 7) is 5.96. The summed E-state index contributed by atoms with van der Waals surface area (Å²) in [5.41, 5.74) is 0.533. The van der Waals surface area contributed by atoms with Crippen molar-refractivity contribution >= 4 is 11.9 Å². The smallest absolute Gasteiger partial charge is 0.335 e. The van der Waals surface area contributed by atoms with E-state index in [1.54, 1.807) is 6.07 Å². The van der Waals surface area contributed by atoms with Crippen LogP contribution in [0.5, 0.6) is 5.75 Å². The molecule has 142 valence electrons. The molecule has 1 aromatic rings. The molecule has 0 unspecified atom stereocenters. The Hall–Kier alpha value is -2.12. The zero-order chi connectivity index (χ0) is 18.7. The third-order valence-corrected chi connectivity index (χ3v) is 5.39. The number of nitrogens with one attached hydrogen (secondary N) is 1. The molecule has 1 aliphatic heterocycles. The predicted molar refractivity (Wildman–Crippen MR) is 97.9 cm³/mol. The first-order valence-corrected chi connectivity index (χ1v) is 9.02. The second-order valence-electron chi connectivity index (χ2n) is 7.52. The fraction of sp³-hybridized carbons (Fsp3) is 0.579. The summed E-state index contributed by atoms with van der Waals surface area (Å²) in [7, 11) is 3.60. The van der Waals surface area contributed by atoms with Gasteiger partial charge in [0.1, 0.15) is 5.75 Å². The number of piperazine rings is 1. The SMILES string of the molecule is COc1cc(C(=O)O)cc(C(=O)NCC2(CN3CCN(C)CC3)CC2)c1. The number of aromatic carboxylic acids is 1. The van der Waals surface area contributed by atoms with Gasteiger partial charge in [-0.15, -0.1) is 0 Å². The number of benzene rings is 1. The van der Waals surface area contributed by atoms with Crippen molar-refractivity contribution in [1.82, 2.24) is 15.1 Å². The fourth-order valence-corrected chi connectivity index (χ4v) is 3.39. The molecule has 1 saturated carbocycles. The molecule has 1 aromatic carbocycles. The van der Waals surface area contributed by atoms with Gasteiger partial charge in [0.25, 0.3) is 5.91 Å². The number of likely N-dealkylation sites (N-methyl/N-ethyl adjacent to an activating group) is 1. The minimum atomic E-state index is -1.08. The number of hydrogen-bond donors (Lipinski definition) is 2. The maximum Gasteiger partial charge on any atom is 0.335 e. The summed E-state index contributed by atoms with van der Waals surface area (Å²) in [6.07, 6.45) is 2.25. The minimum absolute atomic E-state index is 0.0491. The third kappa shape index (κ3) is 4.53. The Bertz CT molecular complexity index is 679. The monoisotopic (exact) mass is 361 g/mol. The van der Waals surface area contributed by atoms with Gasteiger partial charge in [-0.25, -0.2) is 4.79 Å². The highest BCUT2D eigenvalue weighted by molar-refractivity contribution is 5.98. The van der Waals surface area contributed by atoms with E-state index in [1.807, 2.05) is 0 Å². The Kier molecular flexibility index (Phi) is 5.48. The molecule has 1 heterocycles. The summed E-state index contributed by atoms with van der Waals surface area (Å²) in [5.74, 6) is -0.962. The normalized spacial score (nSPS) is 19.8. The van der Waals surface area contributed by atoms with Gasteiger partial charge in [-0.1, -0.05) is 0 Å². The first-order valence-electron chi connectivity index (χ1n) is 9.02. The Labute approximate surface area is 153 Å². The molecule has 0 aromatic heterocycles. The van der Waals surface area contributed by atoms with Crippen molar-refractivity contribution in [3.63, 3.8) is 0 Å². The quantitative estimate of drug-likeness (QED) is 0.758. The molecule has 2 aliphatic rings. The van der Waals surface area contributed by atoms with Crippen LogP contribution in [-0.4, -0.2) is 80.2 Å². The summed E-state index contributed by atoms with van der Waals surface area (Å²) in [5, 5.41) is 12.2. The molecule has 0 radical (unpaired) electrons. The topological polar surface area (TPSA) is 82.1 Å². The number of carbonyl (C=O) groups excluding carboxylic acids is 1. The van der Waals surface area contributed by atoms with E-state index in [2.05, 4.69) is 22.2 Å². The van der Waals surface area contributed by atoms with Gasteiger partial charge in [-0.2, -0.15) is 0 Å². The van der Waals surface area contributed by atoms with Crippen molar-refractivity contribution in [2.75, 3.05) is 53.4 Å². The molecular weight excluding hydrogens is 334 g/mol. The number of carboxylic acids is 1. The van der Waals surface area contributed by atoms with E-state index < -0.39 is 5.97 Å². The molecule has 3 rings (SSSR count). The average Bonchev–Trinajstić information content (AvgIpc) is 3.41. The van der Waals surface area contributed by atoms with Gasteiger partial charge in [0, 0.05) is 50.2 Å². The Morgan fingerprint density at radius 1 is 1.15 bits per heavy atom. The standard InChI is InChI=1S/C19H27N3O4/c1-21-5-7-22(8-6-21)13-19(3-4-19)12-20-17(23)14-9-15(18(24)25)11-16(10-14)26-2/h9-11H,3-8,12-13H2,1-2H3,(H,20,23)(H,24,25). The predicted octanol–water partition coefficient (Wildman–Crippen LogP) is 1.15. The minimum Gasteiger partial charge on any atom is -0.497 e. The van der Waals surface area contributed by atoms with Crippen LogP contribution in [0.15, 0.2) is 18.2 Å². The number of hydrogen-bond acceptors (Lipinski definition) is 5. The third-order valence-electron chi connectivity index (χ3n) is 5.39. The number of nitrogens with zero attached hydrogens (tertiary/aromatic N) is 2. The fourth-order valence-electron chi connectivity index (χ4n) is 3.39. The largest absolute Gasteiger partial charge is 0.497 e. The van der Waals surface area contributed by atoms with E-state index in [4.69, 9.17) is 4.74 Å². The van der Waals surface area contributed by atoms with Gasteiger partial charge in [-0.3, -0.25) is 4.79 Å². The molecule has 1 aliphatic carbocycles. The summed E-state index contributed by atoms with van der Waals surface area (Å²) < 4.78 is 5.11. The maximum absolute atomic E-state index is 12.5. The van der Waals surface area contributed by atoms with Crippen molar-refractivity contribution in [3.8, 4) is 5.75 Å². The molecule has 2 N–H and O–H groups in total. The van der Waals surface area contributed by atoms with E-state index in [9.17, 15) is 14.7 Å². The highest BCUT2D eigenvalue weighted by Crippen LogP contribution is 2.45. The van der Waals surface area contributed by atoms with Gasteiger partial charge < -0.3 is 25.0 Å². The van der Waals surface area contributed by atoms with Crippen LogP contribution in [0.3, 0.4) is 0 Å². The number of carboxylic acid groups (broad SMARTS) is 1. The second kappa shape index (κ2) is 7.63. The molecule has 0 spiro atoms. The zero-order valence-corrected chi connectivity index (χ0v) is 15.5. The van der Waals surface area contributed by atoms with Crippen molar-refractivity contribution < 1.29 is 19.4 Å². The molecule has 7 heteroatoms. The highest BCUT2D eigenvalue weighted by atomic mass is 16.5. The van der Waals surface area contributed by atoms with Crippen LogP contribution in [0.25, 0.3) is 0 Å². The maximum atomic E-state index is 12.5. The van der Waals surface area contributed by atoms with Gasteiger partial charge in [0.15, 0.2) is 0 Å². The van der Waals surface area contributed by atoms with Crippen molar-refractivity contribution in [1.29, 1.82) is 0 Å². The molecule has 26 heavy (non-hydrogen) atoms. The summed E-state index contributed by atoms with van der Waals surface area (Å²) in [4.78, 5) is 28.6. The lowest BCUT2D eigenvalue weighted by Crippen LogP contribution is -2.47. The Morgan fingerprint density at radius 2 is 1.81 bits per heavy atom. The van der Waals surface area contributed by atoms with Crippen LogP contribution in [0.2, 0.25) is 0 Å². The van der Waals surface area contributed by atoms with E-state index >= 15 is 0 Å². The van der Waals surface area contributed by atoms with Gasteiger partial charge in [-0.05, 0) is 38.1 Å². The van der Waals surface area contributed by atoms with Crippen LogP contribution >= 0.6 is 0 Å². The van der Waals surface area contributed by atoms with E-state index in [1.165, 1.54) is 19.2 Å². The lowest BCUT2D eigenvalue weighted by atomic mass is 10.0. The number of methoxy groups -OCH3 is 1. The highest BCUT2D eigenvalue weighted by Gasteiger charge is 2.44. The van der Waals surface area contributed by atoms with Crippen LogP contribution < -0.4 is 10.1 Å². The number of rotatable bonds is 7. The number of carbonyl (C=O) groups is 2. The van der Waals surface area contributed by atoms with Crippen LogP contribution in [0.4, 0.5) is 0 Å². The lowest BCUT2D eigenvalue weighted by Gasteiger charge is -2.34.